The monoisotopic (exact) mass is 290 g/mol. The predicted octanol–water partition coefficient (Wildman–Crippen LogP) is 3.25. The summed E-state index contributed by atoms with van der Waals surface area (Å²) < 4.78 is 0. The predicted molar refractivity (Wildman–Crippen MR) is 84.1 cm³/mol. The van der Waals surface area contributed by atoms with Gasteiger partial charge in [-0.3, -0.25) is 4.79 Å². The quantitative estimate of drug-likeness (QED) is 0.853. The molecule has 5 heteroatoms. The topological polar surface area (TPSA) is 55.1 Å². The number of hydrogen-bond acceptors (Lipinski definition) is 3. The van der Waals surface area contributed by atoms with Crippen LogP contribution in [-0.4, -0.2) is 10.9 Å². The van der Waals surface area contributed by atoms with Gasteiger partial charge < -0.3 is 11.1 Å². The summed E-state index contributed by atoms with van der Waals surface area (Å²) in [6.07, 6.45) is 0. The number of nitrogens with two attached hydrogens (primary N) is 1. The summed E-state index contributed by atoms with van der Waals surface area (Å²) in [5, 5.41) is 6.65. The van der Waals surface area contributed by atoms with Crippen LogP contribution < -0.4 is 11.1 Å². The molecule has 0 aliphatic carbocycles. The van der Waals surface area contributed by atoms with Crippen LogP contribution in [0.4, 0.5) is 5.69 Å². The molecule has 1 heterocycles. The van der Waals surface area contributed by atoms with Gasteiger partial charge in [-0.05, 0) is 36.4 Å². The second-order valence-corrected chi connectivity index (χ2v) is 5.47. The Balaban J connectivity index is 2.35. The van der Waals surface area contributed by atoms with E-state index in [1.54, 1.807) is 6.07 Å². The Labute approximate surface area is 121 Å². The number of anilines is 1. The van der Waals surface area contributed by atoms with Crippen LogP contribution in [-0.2, 0) is 0 Å². The van der Waals surface area contributed by atoms with Crippen LogP contribution in [0.1, 0.15) is 27.0 Å². The zero-order valence-electron chi connectivity index (χ0n) is 10.7. The summed E-state index contributed by atoms with van der Waals surface area (Å²) in [5.74, 6) is -0.137. The Kier molecular flexibility index (Phi) is 3.97. The van der Waals surface area contributed by atoms with Crippen molar-refractivity contribution in [3.63, 3.8) is 0 Å². The SMILES string of the molecule is Cc1cscc1C(=O)Nc1cccc(C)c1C(N)=S. The van der Waals surface area contributed by atoms with E-state index in [1.165, 1.54) is 11.3 Å². The molecule has 19 heavy (non-hydrogen) atoms. The molecule has 2 rings (SSSR count). The molecule has 0 bridgehead atoms. The molecule has 0 fully saturated rings. The fourth-order valence-electron chi connectivity index (χ4n) is 1.88. The maximum absolute atomic E-state index is 12.2. The third kappa shape index (κ3) is 2.83. The number of amides is 1. The molecular weight excluding hydrogens is 276 g/mol. The number of carbonyl (C=O) groups is 1. The Morgan fingerprint density at radius 3 is 2.58 bits per heavy atom. The van der Waals surface area contributed by atoms with Crippen molar-refractivity contribution in [1.29, 1.82) is 0 Å². The minimum absolute atomic E-state index is 0.137. The largest absolute Gasteiger partial charge is 0.389 e. The van der Waals surface area contributed by atoms with Gasteiger partial charge in [-0.2, -0.15) is 11.3 Å². The van der Waals surface area contributed by atoms with Crippen molar-refractivity contribution in [2.75, 3.05) is 5.32 Å². The van der Waals surface area contributed by atoms with Crippen LogP contribution in [0, 0.1) is 13.8 Å². The van der Waals surface area contributed by atoms with Crippen molar-refractivity contribution in [1.82, 2.24) is 0 Å². The average molecular weight is 290 g/mol. The zero-order chi connectivity index (χ0) is 14.0. The van der Waals surface area contributed by atoms with Crippen molar-refractivity contribution < 1.29 is 4.79 Å². The number of thiophene rings is 1. The smallest absolute Gasteiger partial charge is 0.256 e. The molecule has 0 unspecified atom stereocenters. The molecule has 0 saturated carbocycles. The number of hydrogen-bond donors (Lipinski definition) is 2. The summed E-state index contributed by atoms with van der Waals surface area (Å²) in [6, 6.07) is 5.59. The standard InChI is InChI=1S/C14H14N2OS2/c1-8-4-3-5-11(12(8)13(15)18)16-14(17)10-7-19-6-9(10)2/h3-7H,1-2H3,(H2,15,18)(H,16,17). The first kappa shape index (κ1) is 13.7. The molecule has 2 aromatic rings. The van der Waals surface area contributed by atoms with Gasteiger partial charge in [0, 0.05) is 10.9 Å². The van der Waals surface area contributed by atoms with E-state index in [9.17, 15) is 4.79 Å². The molecule has 1 aromatic carbocycles. The Bertz CT molecular complexity index is 647. The summed E-state index contributed by atoms with van der Waals surface area (Å²) in [5.41, 5.74) is 9.70. The molecule has 0 atom stereocenters. The van der Waals surface area contributed by atoms with Crippen molar-refractivity contribution >= 4 is 40.1 Å². The maximum Gasteiger partial charge on any atom is 0.256 e. The van der Waals surface area contributed by atoms with Crippen molar-refractivity contribution in [3.8, 4) is 0 Å². The molecular formula is C14H14N2OS2. The van der Waals surface area contributed by atoms with Crippen LogP contribution in [0.5, 0.6) is 0 Å². The van der Waals surface area contributed by atoms with E-state index in [0.29, 0.717) is 11.3 Å². The number of benzene rings is 1. The minimum Gasteiger partial charge on any atom is -0.389 e. The fourth-order valence-corrected chi connectivity index (χ4v) is 2.98. The molecule has 1 aromatic heterocycles. The van der Waals surface area contributed by atoms with Gasteiger partial charge in [-0.25, -0.2) is 0 Å². The van der Waals surface area contributed by atoms with Gasteiger partial charge in [0.1, 0.15) is 4.99 Å². The highest BCUT2D eigenvalue weighted by molar-refractivity contribution is 7.80. The third-order valence-corrected chi connectivity index (χ3v) is 3.93. The molecule has 0 saturated heterocycles. The van der Waals surface area contributed by atoms with Crippen molar-refractivity contribution in [2.45, 2.75) is 13.8 Å². The zero-order valence-corrected chi connectivity index (χ0v) is 12.3. The van der Waals surface area contributed by atoms with Gasteiger partial charge in [-0.15, -0.1) is 0 Å². The molecule has 98 valence electrons. The van der Waals surface area contributed by atoms with Crippen LogP contribution in [0.3, 0.4) is 0 Å². The Morgan fingerprint density at radius 2 is 2.00 bits per heavy atom. The lowest BCUT2D eigenvalue weighted by Gasteiger charge is -2.12. The number of aryl methyl sites for hydroxylation is 2. The van der Waals surface area contributed by atoms with Gasteiger partial charge in [0.25, 0.3) is 5.91 Å². The molecule has 0 spiro atoms. The molecule has 0 aliphatic heterocycles. The normalized spacial score (nSPS) is 10.2. The third-order valence-electron chi connectivity index (χ3n) is 2.87. The van der Waals surface area contributed by atoms with Crippen molar-refractivity contribution in [2.24, 2.45) is 5.73 Å². The first-order valence-corrected chi connectivity index (χ1v) is 7.09. The Hall–Kier alpha value is -1.72. The molecule has 0 radical (unpaired) electrons. The van der Waals surface area contributed by atoms with E-state index >= 15 is 0 Å². The average Bonchev–Trinajstić information content (AvgIpc) is 2.75. The lowest BCUT2D eigenvalue weighted by Crippen LogP contribution is -2.18. The second kappa shape index (κ2) is 5.50. The highest BCUT2D eigenvalue weighted by atomic mass is 32.1. The van der Waals surface area contributed by atoms with Gasteiger partial charge in [-0.1, -0.05) is 24.4 Å². The summed E-state index contributed by atoms with van der Waals surface area (Å²) in [4.78, 5) is 12.5. The maximum atomic E-state index is 12.2. The summed E-state index contributed by atoms with van der Waals surface area (Å²) in [6.45, 7) is 3.83. The number of nitrogens with one attached hydrogen (secondary N) is 1. The molecule has 3 N–H and O–H groups in total. The lowest BCUT2D eigenvalue weighted by atomic mass is 10.1. The second-order valence-electron chi connectivity index (χ2n) is 4.28. The van der Waals surface area contributed by atoms with E-state index < -0.39 is 0 Å². The number of thiocarbonyl (C=S) groups is 1. The first-order chi connectivity index (χ1) is 9.00. The minimum atomic E-state index is -0.137. The van der Waals surface area contributed by atoms with Gasteiger partial charge in [0.15, 0.2) is 0 Å². The van der Waals surface area contributed by atoms with E-state index in [1.807, 2.05) is 36.7 Å². The Morgan fingerprint density at radius 1 is 1.26 bits per heavy atom. The van der Waals surface area contributed by atoms with Gasteiger partial charge in [0.05, 0.1) is 11.3 Å². The molecule has 1 amide bonds. The van der Waals surface area contributed by atoms with Crippen molar-refractivity contribution in [3.05, 3.63) is 51.2 Å². The van der Waals surface area contributed by atoms with Crippen LogP contribution in [0.15, 0.2) is 29.0 Å². The van der Waals surface area contributed by atoms with E-state index in [-0.39, 0.29) is 10.9 Å². The summed E-state index contributed by atoms with van der Waals surface area (Å²) >= 11 is 6.55. The highest BCUT2D eigenvalue weighted by Crippen LogP contribution is 2.21. The van der Waals surface area contributed by atoms with E-state index in [4.69, 9.17) is 18.0 Å². The molecule has 3 nitrogen and oxygen atoms in total. The van der Waals surface area contributed by atoms with Crippen LogP contribution in [0.2, 0.25) is 0 Å². The van der Waals surface area contributed by atoms with Gasteiger partial charge in [0.2, 0.25) is 0 Å². The number of carbonyl (C=O) groups excluding carboxylic acids is 1. The van der Waals surface area contributed by atoms with Crippen LogP contribution >= 0.6 is 23.6 Å². The highest BCUT2D eigenvalue weighted by Gasteiger charge is 2.14. The van der Waals surface area contributed by atoms with E-state index in [2.05, 4.69) is 5.32 Å². The lowest BCUT2D eigenvalue weighted by molar-refractivity contribution is 0.102. The summed E-state index contributed by atoms with van der Waals surface area (Å²) in [7, 11) is 0. The first-order valence-electron chi connectivity index (χ1n) is 5.74. The van der Waals surface area contributed by atoms with Gasteiger partial charge >= 0.3 is 0 Å². The molecule has 0 aliphatic rings. The number of rotatable bonds is 3. The van der Waals surface area contributed by atoms with Crippen LogP contribution in [0.25, 0.3) is 0 Å². The van der Waals surface area contributed by atoms with E-state index in [0.717, 1.165) is 16.7 Å². The fraction of sp³-hybridized carbons (Fsp3) is 0.143.